The molecule has 124 valence electrons. The van der Waals surface area contributed by atoms with Crippen LogP contribution in [0.1, 0.15) is 39.5 Å². The van der Waals surface area contributed by atoms with Gasteiger partial charge in [-0.05, 0) is 36.1 Å². The second-order valence-corrected chi connectivity index (χ2v) is 4.05. The first-order valence-corrected chi connectivity index (χ1v) is 6.41. The van der Waals surface area contributed by atoms with Gasteiger partial charge in [0.2, 0.25) is 0 Å². The smallest absolute Gasteiger partial charge is 0.545 e. The number of hydrogen-bond donors (Lipinski definition) is 0. The first kappa shape index (κ1) is 30.7. The van der Waals surface area contributed by atoms with Gasteiger partial charge in [-0.1, -0.05) is 26.7 Å². The minimum absolute atomic E-state index is 0. The molecule has 24 heavy (non-hydrogen) atoms. The first-order valence-electron chi connectivity index (χ1n) is 6.41. The molecule has 0 radical (unpaired) electrons. The summed E-state index contributed by atoms with van der Waals surface area (Å²) in [7, 11) is 0. The Bertz CT molecular complexity index is 439. The summed E-state index contributed by atoms with van der Waals surface area (Å²) >= 11 is 0. The second-order valence-electron chi connectivity index (χ2n) is 4.05. The van der Waals surface area contributed by atoms with Gasteiger partial charge in [-0.3, -0.25) is 0 Å². The molecule has 10 heteroatoms. The molecule has 0 bridgehead atoms. The topological polar surface area (TPSA) is 161 Å². The number of aliphatic carboxylic acids is 4. The van der Waals surface area contributed by atoms with Crippen LogP contribution < -0.4 is 20.4 Å². The number of carboxylic acid groups (broad SMARTS) is 4. The fraction of sp³-hybridized carbons (Fsp3) is 0.429. The maximum atomic E-state index is 10.2. The Morgan fingerprint density at radius 2 is 0.917 bits per heavy atom. The summed E-state index contributed by atoms with van der Waals surface area (Å²) in [5, 5.41) is 40.1. The molecule has 0 aromatic heterocycles. The Labute approximate surface area is 171 Å². The maximum absolute atomic E-state index is 10.2. The predicted molar refractivity (Wildman–Crippen MR) is 77.5 cm³/mol. The summed E-state index contributed by atoms with van der Waals surface area (Å²) < 4.78 is 0. The molecule has 0 aromatic rings. The van der Waals surface area contributed by atoms with Crippen LogP contribution in [0.15, 0.2) is 23.3 Å². The molecule has 0 unspecified atom stereocenters. The Kier molecular flexibility index (Phi) is 23.4. The van der Waals surface area contributed by atoms with Gasteiger partial charge in [0.1, 0.15) is 0 Å². The van der Waals surface area contributed by atoms with Crippen LogP contribution in [0.3, 0.4) is 0 Å². The van der Waals surface area contributed by atoms with E-state index < -0.39 is 23.9 Å². The van der Waals surface area contributed by atoms with Crippen molar-refractivity contribution in [1.29, 1.82) is 0 Å². The molecule has 0 spiro atoms. The van der Waals surface area contributed by atoms with E-state index in [1.54, 1.807) is 13.8 Å². The average Bonchev–Trinajstić information content (AvgIpc) is 2.37. The number of carbonyl (C=O) groups excluding carboxylic acids is 4. The standard InChI is InChI=1S/2C7H10O4.2Mg/c2*1-2-3-5(7(10)11)4-6(8)9;;/h2*4H,2-3H2,1H3,(H,8,9)(H,10,11);;/q;;2*+2/p-4/b2*5-4-;;. The first-order chi connectivity index (χ1) is 10.1. The summed E-state index contributed by atoms with van der Waals surface area (Å²) in [4.78, 5) is 40.1. The molecular weight excluding hydrogens is 345 g/mol. The summed E-state index contributed by atoms with van der Waals surface area (Å²) in [6.07, 6.45) is 2.62. The number of hydrogen-bond acceptors (Lipinski definition) is 8. The van der Waals surface area contributed by atoms with Crippen molar-refractivity contribution >= 4 is 70.0 Å². The number of carbonyl (C=O) groups is 4. The van der Waals surface area contributed by atoms with Crippen molar-refractivity contribution in [2.75, 3.05) is 0 Å². The Hall–Kier alpha value is -1.11. The minimum atomic E-state index is -1.50. The van der Waals surface area contributed by atoms with E-state index in [1.807, 2.05) is 0 Å². The van der Waals surface area contributed by atoms with Crippen LogP contribution in [0.2, 0.25) is 0 Å². The summed E-state index contributed by atoms with van der Waals surface area (Å²) in [6, 6.07) is 0. The summed E-state index contributed by atoms with van der Waals surface area (Å²) in [5.41, 5.74) is -0.458. The zero-order chi connectivity index (χ0) is 17.7. The van der Waals surface area contributed by atoms with Crippen molar-refractivity contribution < 1.29 is 39.6 Å². The van der Waals surface area contributed by atoms with Gasteiger partial charge in [0.05, 0.1) is 23.9 Å². The van der Waals surface area contributed by atoms with E-state index in [0.29, 0.717) is 25.0 Å². The third kappa shape index (κ3) is 18.9. The van der Waals surface area contributed by atoms with Crippen molar-refractivity contribution in [2.45, 2.75) is 39.5 Å². The van der Waals surface area contributed by atoms with Gasteiger partial charge >= 0.3 is 46.1 Å². The fourth-order valence-corrected chi connectivity index (χ4v) is 1.29. The molecule has 0 aliphatic rings. The normalized spacial score (nSPS) is 10.2. The van der Waals surface area contributed by atoms with Crippen LogP contribution >= 0.6 is 0 Å². The molecule has 8 nitrogen and oxygen atoms in total. The molecule has 0 aromatic carbocycles. The van der Waals surface area contributed by atoms with Gasteiger partial charge in [0.15, 0.2) is 0 Å². The predicted octanol–water partition coefficient (Wildman–Crippen LogP) is -4.34. The van der Waals surface area contributed by atoms with Crippen molar-refractivity contribution in [3.63, 3.8) is 0 Å². The van der Waals surface area contributed by atoms with E-state index in [2.05, 4.69) is 0 Å². The SMILES string of the molecule is CCC/C(=C/C(=O)[O-])C(=O)[O-].CCC/C(=C/C(=O)[O-])C(=O)[O-].[Mg+2].[Mg+2]. The average molecular weight is 361 g/mol. The van der Waals surface area contributed by atoms with Crippen molar-refractivity contribution in [1.82, 2.24) is 0 Å². The molecular formula is C14H16Mg2O8. The zero-order valence-electron chi connectivity index (χ0n) is 13.7. The Balaban J connectivity index is -0.000000154. The molecule has 0 saturated heterocycles. The molecule has 0 heterocycles. The maximum Gasteiger partial charge on any atom is 2.00 e. The minimum Gasteiger partial charge on any atom is -0.545 e. The van der Waals surface area contributed by atoms with Crippen molar-refractivity contribution in [3.8, 4) is 0 Å². The quantitative estimate of drug-likeness (QED) is 0.310. The Morgan fingerprint density at radius 1 is 0.667 bits per heavy atom. The van der Waals surface area contributed by atoms with E-state index >= 15 is 0 Å². The molecule has 0 amide bonds. The monoisotopic (exact) mass is 360 g/mol. The molecule has 0 rings (SSSR count). The fourth-order valence-electron chi connectivity index (χ4n) is 1.29. The van der Waals surface area contributed by atoms with Gasteiger partial charge < -0.3 is 39.6 Å². The number of rotatable bonds is 8. The van der Waals surface area contributed by atoms with Gasteiger partial charge in [-0.15, -0.1) is 0 Å². The number of carboxylic acids is 4. The second kappa shape index (κ2) is 18.2. The van der Waals surface area contributed by atoms with Crippen LogP contribution in [0.5, 0.6) is 0 Å². The van der Waals surface area contributed by atoms with Crippen LogP contribution in [0.4, 0.5) is 0 Å². The molecule has 0 aliphatic carbocycles. The van der Waals surface area contributed by atoms with Gasteiger partial charge in [0.25, 0.3) is 0 Å². The van der Waals surface area contributed by atoms with Crippen LogP contribution in [-0.4, -0.2) is 70.0 Å². The van der Waals surface area contributed by atoms with Gasteiger partial charge in [-0.2, -0.15) is 0 Å². The Morgan fingerprint density at radius 3 is 1.04 bits per heavy atom. The molecule has 0 aliphatic heterocycles. The van der Waals surface area contributed by atoms with E-state index in [9.17, 15) is 39.6 Å². The molecule has 0 N–H and O–H groups in total. The van der Waals surface area contributed by atoms with Crippen molar-refractivity contribution in [2.24, 2.45) is 0 Å². The van der Waals surface area contributed by atoms with E-state index in [-0.39, 0.29) is 70.1 Å². The summed E-state index contributed by atoms with van der Waals surface area (Å²) in [5.74, 6) is -5.90. The molecule has 0 saturated carbocycles. The van der Waals surface area contributed by atoms with Crippen LogP contribution in [0, 0.1) is 0 Å². The summed E-state index contributed by atoms with van der Waals surface area (Å²) in [6.45, 7) is 3.48. The van der Waals surface area contributed by atoms with E-state index in [4.69, 9.17) is 0 Å². The van der Waals surface area contributed by atoms with Crippen LogP contribution in [0.25, 0.3) is 0 Å². The van der Waals surface area contributed by atoms with E-state index in [0.717, 1.165) is 0 Å². The van der Waals surface area contributed by atoms with Gasteiger partial charge in [0, 0.05) is 0 Å². The third-order valence-corrected chi connectivity index (χ3v) is 2.15. The largest absolute Gasteiger partial charge is 2.00 e. The van der Waals surface area contributed by atoms with Crippen molar-refractivity contribution in [3.05, 3.63) is 23.3 Å². The van der Waals surface area contributed by atoms with Crippen LogP contribution in [-0.2, 0) is 19.2 Å². The van der Waals surface area contributed by atoms with Gasteiger partial charge in [-0.25, -0.2) is 0 Å². The molecule has 0 atom stereocenters. The third-order valence-electron chi connectivity index (χ3n) is 2.15. The zero-order valence-corrected chi connectivity index (χ0v) is 16.5. The molecule has 0 fully saturated rings. The van der Waals surface area contributed by atoms with E-state index in [1.165, 1.54) is 0 Å².